The first-order valence-electron chi connectivity index (χ1n) is 8.57. The van der Waals surface area contributed by atoms with Crippen LogP contribution in [0, 0.1) is 6.92 Å². The molecule has 0 amide bonds. The van der Waals surface area contributed by atoms with Gasteiger partial charge in [-0.25, -0.2) is 0 Å². The summed E-state index contributed by atoms with van der Waals surface area (Å²) in [7, 11) is 0. The number of β-amino-alcohol motifs (C(OH)–C–C–N with tert-alkyl or cyclic N) is 1. The molecule has 1 heterocycles. The van der Waals surface area contributed by atoms with E-state index in [0.717, 1.165) is 37.2 Å². The minimum atomic E-state index is -0.257. The van der Waals surface area contributed by atoms with Crippen LogP contribution in [-0.2, 0) is 13.1 Å². The lowest BCUT2D eigenvalue weighted by atomic mass is 10.1. The number of aliphatic hydroxyl groups is 1. The number of likely N-dealkylation sites (tertiary alicyclic amines) is 1. The van der Waals surface area contributed by atoms with Gasteiger partial charge < -0.3 is 15.5 Å². The topological polar surface area (TPSA) is 55.7 Å². The van der Waals surface area contributed by atoms with Crippen molar-refractivity contribution < 1.29 is 10.2 Å². The summed E-state index contributed by atoms with van der Waals surface area (Å²) in [6.07, 6.45) is 0.535. The number of hydrogen-bond donors (Lipinski definition) is 3. The monoisotopic (exact) mass is 326 g/mol. The number of phenolic OH excluding ortho intramolecular Hbond substituents is 1. The van der Waals surface area contributed by atoms with Crippen LogP contribution in [0.25, 0.3) is 0 Å². The molecule has 1 saturated heterocycles. The van der Waals surface area contributed by atoms with Crippen molar-refractivity contribution in [3.8, 4) is 5.75 Å². The number of aliphatic hydroxyl groups excluding tert-OH is 1. The molecule has 24 heavy (non-hydrogen) atoms. The lowest BCUT2D eigenvalue weighted by Crippen LogP contribution is -2.37. The standard InChI is InChI=1S/C20H26N2O2/c1-15-7-8-20(24)17(9-15)11-21-12-18-10-19(23)14-22(18)13-16-5-3-2-4-6-16/h2-9,18-19,21,23-24H,10-14H2,1H3. The van der Waals surface area contributed by atoms with Crippen molar-refractivity contribution in [2.45, 2.75) is 38.6 Å². The quantitative estimate of drug-likeness (QED) is 0.763. The van der Waals surface area contributed by atoms with Gasteiger partial charge in [0.1, 0.15) is 5.75 Å². The van der Waals surface area contributed by atoms with Crippen LogP contribution in [0.5, 0.6) is 5.75 Å². The molecular formula is C20H26N2O2. The second-order valence-electron chi connectivity index (χ2n) is 6.72. The number of aryl methyl sites for hydroxylation is 1. The van der Waals surface area contributed by atoms with Crippen LogP contribution in [0.4, 0.5) is 0 Å². The Balaban J connectivity index is 1.56. The van der Waals surface area contributed by atoms with Crippen molar-refractivity contribution in [1.82, 2.24) is 10.2 Å². The predicted octanol–water partition coefficient (Wildman–Crippen LogP) is 2.43. The molecule has 1 aliphatic rings. The average molecular weight is 326 g/mol. The summed E-state index contributed by atoms with van der Waals surface area (Å²) in [5.41, 5.74) is 3.34. The molecular weight excluding hydrogens is 300 g/mol. The maximum atomic E-state index is 10.0. The third-order valence-corrected chi connectivity index (χ3v) is 4.66. The zero-order valence-corrected chi connectivity index (χ0v) is 14.2. The Kier molecular flexibility index (Phi) is 5.51. The molecule has 2 atom stereocenters. The molecule has 4 nitrogen and oxygen atoms in total. The van der Waals surface area contributed by atoms with Crippen LogP contribution in [-0.4, -0.2) is 40.3 Å². The highest BCUT2D eigenvalue weighted by Crippen LogP contribution is 2.21. The molecule has 128 valence electrons. The van der Waals surface area contributed by atoms with Gasteiger partial charge in [-0.2, -0.15) is 0 Å². The van der Waals surface area contributed by atoms with E-state index in [2.05, 4.69) is 34.5 Å². The van der Waals surface area contributed by atoms with E-state index in [9.17, 15) is 10.2 Å². The highest BCUT2D eigenvalue weighted by Gasteiger charge is 2.30. The molecule has 0 saturated carbocycles. The van der Waals surface area contributed by atoms with Crippen molar-refractivity contribution in [3.05, 3.63) is 65.2 Å². The van der Waals surface area contributed by atoms with Gasteiger partial charge in [0, 0.05) is 37.8 Å². The molecule has 3 rings (SSSR count). The van der Waals surface area contributed by atoms with E-state index in [-0.39, 0.29) is 6.10 Å². The van der Waals surface area contributed by atoms with Gasteiger partial charge in [-0.05, 0) is 25.0 Å². The van der Waals surface area contributed by atoms with Crippen LogP contribution < -0.4 is 5.32 Å². The molecule has 3 N–H and O–H groups in total. The maximum absolute atomic E-state index is 10.0. The summed E-state index contributed by atoms with van der Waals surface area (Å²) in [6.45, 7) is 5.05. The van der Waals surface area contributed by atoms with Crippen LogP contribution >= 0.6 is 0 Å². The molecule has 2 unspecified atom stereocenters. The SMILES string of the molecule is Cc1ccc(O)c(CNCC2CC(O)CN2Cc2ccccc2)c1. The van der Waals surface area contributed by atoms with Gasteiger partial charge in [-0.3, -0.25) is 4.90 Å². The molecule has 1 aliphatic heterocycles. The van der Waals surface area contributed by atoms with Gasteiger partial charge in [0.15, 0.2) is 0 Å². The summed E-state index contributed by atoms with van der Waals surface area (Å²) < 4.78 is 0. The van der Waals surface area contributed by atoms with Crippen molar-refractivity contribution in [1.29, 1.82) is 0 Å². The largest absolute Gasteiger partial charge is 0.508 e. The van der Waals surface area contributed by atoms with Gasteiger partial charge in [0.05, 0.1) is 6.10 Å². The van der Waals surface area contributed by atoms with Crippen molar-refractivity contribution >= 4 is 0 Å². The van der Waals surface area contributed by atoms with Crippen molar-refractivity contribution in [2.24, 2.45) is 0 Å². The van der Waals surface area contributed by atoms with Gasteiger partial charge in [-0.15, -0.1) is 0 Å². The number of phenols is 1. The Bertz CT molecular complexity index is 660. The zero-order chi connectivity index (χ0) is 16.9. The van der Waals surface area contributed by atoms with Crippen LogP contribution in [0.2, 0.25) is 0 Å². The maximum Gasteiger partial charge on any atom is 0.120 e. The summed E-state index contributed by atoms with van der Waals surface area (Å²) in [6, 6.07) is 16.3. The van der Waals surface area contributed by atoms with Gasteiger partial charge in [0.2, 0.25) is 0 Å². The van der Waals surface area contributed by atoms with E-state index in [1.165, 1.54) is 5.56 Å². The fourth-order valence-electron chi connectivity index (χ4n) is 3.41. The molecule has 0 spiro atoms. The fraction of sp³-hybridized carbons (Fsp3) is 0.400. The molecule has 2 aromatic carbocycles. The van der Waals surface area contributed by atoms with Crippen LogP contribution in [0.1, 0.15) is 23.1 Å². The van der Waals surface area contributed by atoms with Gasteiger partial charge >= 0.3 is 0 Å². The molecule has 4 heteroatoms. The highest BCUT2D eigenvalue weighted by atomic mass is 16.3. The van der Waals surface area contributed by atoms with Gasteiger partial charge in [-0.1, -0.05) is 48.0 Å². The summed E-state index contributed by atoms with van der Waals surface area (Å²) in [5.74, 6) is 0.334. The molecule has 1 fully saturated rings. The second-order valence-corrected chi connectivity index (χ2v) is 6.72. The Morgan fingerprint density at radius 3 is 2.75 bits per heavy atom. The minimum absolute atomic E-state index is 0.257. The Hall–Kier alpha value is -1.88. The van der Waals surface area contributed by atoms with Crippen LogP contribution in [0.3, 0.4) is 0 Å². The first-order valence-corrected chi connectivity index (χ1v) is 8.57. The van der Waals surface area contributed by atoms with Crippen molar-refractivity contribution in [2.75, 3.05) is 13.1 Å². The minimum Gasteiger partial charge on any atom is -0.508 e. The van der Waals surface area contributed by atoms with Crippen LogP contribution in [0.15, 0.2) is 48.5 Å². The number of nitrogens with one attached hydrogen (secondary N) is 1. The van der Waals surface area contributed by atoms with Crippen molar-refractivity contribution in [3.63, 3.8) is 0 Å². The van der Waals surface area contributed by atoms with E-state index >= 15 is 0 Å². The van der Waals surface area contributed by atoms with E-state index in [4.69, 9.17) is 0 Å². The molecule has 0 aromatic heterocycles. The number of benzene rings is 2. The molecule has 0 aliphatic carbocycles. The molecule has 0 radical (unpaired) electrons. The number of nitrogens with zero attached hydrogens (tertiary/aromatic N) is 1. The summed E-state index contributed by atoms with van der Waals surface area (Å²) in [5, 5.41) is 23.4. The Labute approximate surface area is 143 Å². The lowest BCUT2D eigenvalue weighted by Gasteiger charge is -2.24. The fourth-order valence-corrected chi connectivity index (χ4v) is 3.41. The predicted molar refractivity (Wildman–Crippen MR) is 95.8 cm³/mol. The second kappa shape index (κ2) is 7.79. The number of aromatic hydroxyl groups is 1. The smallest absolute Gasteiger partial charge is 0.120 e. The first-order chi connectivity index (χ1) is 11.6. The van der Waals surface area contributed by atoms with E-state index in [1.54, 1.807) is 6.07 Å². The average Bonchev–Trinajstić information content (AvgIpc) is 2.91. The van der Waals surface area contributed by atoms with E-state index in [1.807, 2.05) is 25.1 Å². The third kappa shape index (κ3) is 4.35. The number of rotatable bonds is 6. The summed E-state index contributed by atoms with van der Waals surface area (Å²) >= 11 is 0. The summed E-state index contributed by atoms with van der Waals surface area (Å²) in [4.78, 5) is 2.34. The third-order valence-electron chi connectivity index (χ3n) is 4.66. The highest BCUT2D eigenvalue weighted by molar-refractivity contribution is 5.35. The van der Waals surface area contributed by atoms with Gasteiger partial charge in [0.25, 0.3) is 0 Å². The van der Waals surface area contributed by atoms with E-state index < -0.39 is 0 Å². The molecule has 2 aromatic rings. The van der Waals surface area contributed by atoms with E-state index in [0.29, 0.717) is 18.3 Å². The Morgan fingerprint density at radius 2 is 1.96 bits per heavy atom. The number of hydrogen-bond acceptors (Lipinski definition) is 4. The first kappa shape index (κ1) is 17.0. The Morgan fingerprint density at radius 1 is 1.17 bits per heavy atom. The zero-order valence-electron chi connectivity index (χ0n) is 14.2. The normalized spacial score (nSPS) is 21.2. The molecule has 0 bridgehead atoms. The lowest BCUT2D eigenvalue weighted by molar-refractivity contribution is 0.172.